The van der Waals surface area contributed by atoms with Gasteiger partial charge in [-0.1, -0.05) is 25.4 Å². The maximum absolute atomic E-state index is 12.9. The van der Waals surface area contributed by atoms with E-state index in [4.69, 9.17) is 21.1 Å². The summed E-state index contributed by atoms with van der Waals surface area (Å²) < 4.78 is 11.6. The molecule has 0 radical (unpaired) electrons. The minimum Gasteiger partial charge on any atom is -0.480 e. The number of nitrogens with zero attached hydrogens (tertiary/aromatic N) is 1. The summed E-state index contributed by atoms with van der Waals surface area (Å²) >= 11 is 9.28. The third-order valence-electron chi connectivity index (χ3n) is 4.48. The Labute approximate surface area is 184 Å². The molecule has 7 nitrogen and oxygen atoms in total. The highest BCUT2D eigenvalue weighted by atomic mass is 79.9. The van der Waals surface area contributed by atoms with Crippen LogP contribution >= 0.6 is 27.5 Å². The Balaban J connectivity index is 2.03. The monoisotopic (exact) mass is 488 g/mol. The maximum atomic E-state index is 12.9. The van der Waals surface area contributed by atoms with Crippen molar-refractivity contribution in [1.29, 1.82) is 0 Å². The van der Waals surface area contributed by atoms with Gasteiger partial charge in [0.05, 0.1) is 17.5 Å². The predicted molar refractivity (Wildman–Crippen MR) is 113 cm³/mol. The largest absolute Gasteiger partial charge is 0.480 e. The fourth-order valence-electron chi connectivity index (χ4n) is 2.85. The van der Waals surface area contributed by atoms with Crippen molar-refractivity contribution >= 4 is 45.3 Å². The Bertz CT molecular complexity index is 758. The van der Waals surface area contributed by atoms with E-state index in [1.165, 1.54) is 4.90 Å². The molecule has 1 heterocycles. The van der Waals surface area contributed by atoms with Crippen molar-refractivity contribution in [2.75, 3.05) is 19.7 Å². The average Bonchev–Trinajstić information content (AvgIpc) is 2.64. The molecule has 2 rings (SSSR count). The van der Waals surface area contributed by atoms with Crippen LogP contribution < -0.4 is 10.1 Å². The number of halogens is 2. The molecule has 1 aromatic carbocycles. The van der Waals surface area contributed by atoms with Gasteiger partial charge >= 0.3 is 5.97 Å². The zero-order valence-corrected chi connectivity index (χ0v) is 19.1. The van der Waals surface area contributed by atoms with E-state index in [1.54, 1.807) is 25.1 Å². The number of ether oxygens (including phenoxy) is 2. The minimum atomic E-state index is -0.914. The SMILES string of the molecule is CC(C)CCOC(=O)CC1C(=O)NCCN1C(=O)C(C)Oc1ccc(Cl)cc1Br. The van der Waals surface area contributed by atoms with Crippen LogP contribution in [0.5, 0.6) is 5.75 Å². The van der Waals surface area contributed by atoms with Gasteiger partial charge in [0.2, 0.25) is 5.91 Å². The first-order valence-corrected chi connectivity index (χ1v) is 10.7. The number of amides is 2. The molecule has 0 spiro atoms. The fourth-order valence-corrected chi connectivity index (χ4v) is 3.63. The van der Waals surface area contributed by atoms with Crippen molar-refractivity contribution in [1.82, 2.24) is 10.2 Å². The molecule has 29 heavy (non-hydrogen) atoms. The Morgan fingerprint density at radius 2 is 2.07 bits per heavy atom. The van der Waals surface area contributed by atoms with Gasteiger partial charge in [-0.2, -0.15) is 0 Å². The Hall–Kier alpha value is -1.80. The summed E-state index contributed by atoms with van der Waals surface area (Å²) in [6, 6.07) is 4.06. The van der Waals surface area contributed by atoms with E-state index in [2.05, 4.69) is 21.2 Å². The van der Waals surface area contributed by atoms with Crippen molar-refractivity contribution in [3.8, 4) is 5.75 Å². The summed E-state index contributed by atoms with van der Waals surface area (Å²) in [6.07, 6.45) is -0.295. The quantitative estimate of drug-likeness (QED) is 0.567. The molecular weight excluding hydrogens is 464 g/mol. The van der Waals surface area contributed by atoms with Crippen LogP contribution in [0.3, 0.4) is 0 Å². The number of nitrogens with one attached hydrogen (secondary N) is 1. The van der Waals surface area contributed by atoms with Crippen molar-refractivity contribution in [3.63, 3.8) is 0 Å². The molecule has 1 aliphatic heterocycles. The highest BCUT2D eigenvalue weighted by Gasteiger charge is 2.37. The normalized spacial score (nSPS) is 17.7. The van der Waals surface area contributed by atoms with Crippen LogP contribution in [0.15, 0.2) is 22.7 Å². The van der Waals surface area contributed by atoms with E-state index in [1.807, 2.05) is 13.8 Å². The molecule has 160 valence electrons. The van der Waals surface area contributed by atoms with Crippen molar-refractivity contribution in [2.24, 2.45) is 5.92 Å². The fraction of sp³-hybridized carbons (Fsp3) is 0.550. The second kappa shape index (κ2) is 10.8. The molecule has 0 saturated carbocycles. The van der Waals surface area contributed by atoms with Gasteiger partial charge in [0.1, 0.15) is 11.8 Å². The van der Waals surface area contributed by atoms with Crippen LogP contribution in [0.1, 0.15) is 33.6 Å². The number of hydrogen-bond donors (Lipinski definition) is 1. The smallest absolute Gasteiger partial charge is 0.308 e. The first-order valence-electron chi connectivity index (χ1n) is 9.54. The van der Waals surface area contributed by atoms with Gasteiger partial charge < -0.3 is 19.7 Å². The number of piperazine rings is 1. The number of rotatable bonds is 8. The third-order valence-corrected chi connectivity index (χ3v) is 5.33. The Morgan fingerprint density at radius 3 is 2.72 bits per heavy atom. The van der Waals surface area contributed by atoms with Gasteiger partial charge in [0, 0.05) is 18.1 Å². The Kier molecular flexibility index (Phi) is 8.77. The standard InChI is InChI=1S/C20H26BrClN2O5/c1-12(2)6-9-28-18(25)11-16-19(26)23-7-8-24(16)20(27)13(3)29-17-5-4-14(22)10-15(17)21/h4-5,10,12-13,16H,6-9,11H2,1-3H3,(H,23,26). The molecule has 1 saturated heterocycles. The van der Waals surface area contributed by atoms with Gasteiger partial charge in [0.15, 0.2) is 6.10 Å². The van der Waals surface area contributed by atoms with Crippen LogP contribution in [-0.4, -0.2) is 54.5 Å². The van der Waals surface area contributed by atoms with Crippen molar-refractivity contribution in [2.45, 2.75) is 45.8 Å². The number of carbonyl (C=O) groups excluding carboxylic acids is 3. The van der Waals surface area contributed by atoms with E-state index in [9.17, 15) is 14.4 Å². The lowest BCUT2D eigenvalue weighted by atomic mass is 10.1. The molecule has 2 atom stereocenters. The van der Waals surface area contributed by atoms with E-state index in [0.717, 1.165) is 6.42 Å². The van der Waals surface area contributed by atoms with Crippen LogP contribution in [-0.2, 0) is 19.1 Å². The molecule has 2 amide bonds. The molecule has 1 aliphatic rings. The molecule has 2 unspecified atom stereocenters. The predicted octanol–water partition coefficient (Wildman–Crippen LogP) is 3.18. The lowest BCUT2D eigenvalue weighted by Crippen LogP contribution is -2.60. The third kappa shape index (κ3) is 6.89. The summed E-state index contributed by atoms with van der Waals surface area (Å²) in [5.74, 6) is -0.378. The highest BCUT2D eigenvalue weighted by Crippen LogP contribution is 2.29. The maximum Gasteiger partial charge on any atom is 0.308 e. The summed E-state index contributed by atoms with van der Waals surface area (Å²) in [4.78, 5) is 38.8. The van der Waals surface area contributed by atoms with Crippen LogP contribution in [0.4, 0.5) is 0 Å². The van der Waals surface area contributed by atoms with Gasteiger partial charge in [-0.05, 0) is 53.4 Å². The number of carbonyl (C=O) groups is 3. The molecule has 1 aromatic rings. The molecule has 0 aromatic heterocycles. The molecule has 0 aliphatic carbocycles. The Morgan fingerprint density at radius 1 is 1.34 bits per heavy atom. The second-order valence-electron chi connectivity index (χ2n) is 7.28. The van der Waals surface area contributed by atoms with E-state index in [-0.39, 0.29) is 18.2 Å². The lowest BCUT2D eigenvalue weighted by molar-refractivity contribution is -0.154. The topological polar surface area (TPSA) is 84.9 Å². The first kappa shape index (κ1) is 23.5. The van der Waals surface area contributed by atoms with Crippen LogP contribution in [0, 0.1) is 5.92 Å². The zero-order valence-electron chi connectivity index (χ0n) is 16.7. The molecular formula is C20H26BrClN2O5. The van der Waals surface area contributed by atoms with E-state index >= 15 is 0 Å². The van der Waals surface area contributed by atoms with Crippen molar-refractivity contribution < 1.29 is 23.9 Å². The van der Waals surface area contributed by atoms with Gasteiger partial charge in [-0.25, -0.2) is 0 Å². The summed E-state index contributed by atoms with van der Waals surface area (Å²) in [6.45, 7) is 6.58. The van der Waals surface area contributed by atoms with Gasteiger partial charge in [-0.15, -0.1) is 0 Å². The number of benzene rings is 1. The highest BCUT2D eigenvalue weighted by molar-refractivity contribution is 9.10. The zero-order chi connectivity index (χ0) is 21.6. The van der Waals surface area contributed by atoms with Crippen LogP contribution in [0.2, 0.25) is 5.02 Å². The average molecular weight is 490 g/mol. The van der Waals surface area contributed by atoms with E-state index < -0.39 is 18.1 Å². The number of hydrogen-bond acceptors (Lipinski definition) is 5. The number of esters is 1. The summed E-state index contributed by atoms with van der Waals surface area (Å²) in [5.41, 5.74) is 0. The minimum absolute atomic E-state index is 0.187. The van der Waals surface area contributed by atoms with Crippen LogP contribution in [0.25, 0.3) is 0 Å². The molecule has 0 bridgehead atoms. The van der Waals surface area contributed by atoms with Crippen molar-refractivity contribution in [3.05, 3.63) is 27.7 Å². The molecule has 9 heteroatoms. The summed E-state index contributed by atoms with van der Waals surface area (Å²) in [5, 5.41) is 3.23. The molecule has 1 N–H and O–H groups in total. The lowest BCUT2D eigenvalue weighted by Gasteiger charge is -2.36. The van der Waals surface area contributed by atoms with Gasteiger partial charge in [0.25, 0.3) is 5.91 Å². The summed E-state index contributed by atoms with van der Waals surface area (Å²) in [7, 11) is 0. The molecule has 1 fully saturated rings. The first-order chi connectivity index (χ1) is 13.7. The van der Waals surface area contributed by atoms with E-state index in [0.29, 0.717) is 40.9 Å². The van der Waals surface area contributed by atoms with Gasteiger partial charge in [-0.3, -0.25) is 14.4 Å². The second-order valence-corrected chi connectivity index (χ2v) is 8.57.